The third kappa shape index (κ3) is 18.8. The Bertz CT molecular complexity index is 1400. The molecule has 9 atom stereocenters. The first kappa shape index (κ1) is 54.9. The zero-order chi connectivity index (χ0) is 45.4. The molecule has 8 N–H and O–H groups in total. The molecule has 0 spiro atoms. The molecule has 13 heteroatoms. The van der Waals surface area contributed by atoms with Crippen LogP contribution < -0.4 is 0 Å². The van der Waals surface area contributed by atoms with Crippen LogP contribution in [0.5, 0.6) is 0 Å². The molecule has 2 saturated heterocycles. The molecular formula is C48H82O13. The van der Waals surface area contributed by atoms with Gasteiger partial charge in [-0.2, -0.15) is 0 Å². The van der Waals surface area contributed by atoms with Gasteiger partial charge >= 0.3 is 5.97 Å². The Hall–Kier alpha value is -2.27. The fourth-order valence-electron chi connectivity index (χ4n) is 7.96. The average Bonchev–Trinajstić information content (AvgIpc) is 3.47. The molecule has 352 valence electrons. The predicted octanol–water partition coefficient (Wildman–Crippen LogP) is 6.15. The van der Waals surface area contributed by atoms with Crippen molar-refractivity contribution in [3.8, 4) is 0 Å². The standard InChI is InChI=1S/C36H60O2.C12H22O11/c1-7-8-9-10-11-12-13-14-15-16-17-18-19-25-35(37)38-30-28-32(3)23-20-22-31(2)26-27-34-33(4)24-21-29-36(34,5)6;13-1-4-6(16)8(18)9(19)11(21-4)23-12(3-15)10(20)7(17)5(2-14)22-12/h20,22-23,26-28H,7-19,21,24-25,29-30H2,1-6H3;4-11,13-20H,1-3H2/b23-20+,27-26+,31-22+,32-28+;/t;4-,5-,6-,7-,8+,9-,10+,11-,12+/m.1/s1. The number of hydrogen-bond acceptors (Lipinski definition) is 13. The normalized spacial score (nSPS) is 29.7. The summed E-state index contributed by atoms with van der Waals surface area (Å²) in [6.45, 7) is 11.5. The maximum absolute atomic E-state index is 12.0. The van der Waals surface area contributed by atoms with E-state index in [1.165, 1.54) is 107 Å². The molecule has 2 heterocycles. The Labute approximate surface area is 365 Å². The number of esters is 1. The van der Waals surface area contributed by atoms with Gasteiger partial charge in [0, 0.05) is 6.42 Å². The van der Waals surface area contributed by atoms with Crippen LogP contribution in [-0.2, 0) is 23.7 Å². The summed E-state index contributed by atoms with van der Waals surface area (Å²) in [5, 5.41) is 76.7. The van der Waals surface area contributed by atoms with Gasteiger partial charge in [0.05, 0.1) is 13.2 Å². The summed E-state index contributed by atoms with van der Waals surface area (Å²) in [6.07, 6.45) is 21.6. The third-order valence-electron chi connectivity index (χ3n) is 12.0. The van der Waals surface area contributed by atoms with E-state index >= 15 is 0 Å². The summed E-state index contributed by atoms with van der Waals surface area (Å²) < 4.78 is 20.8. The molecule has 0 aromatic heterocycles. The number of aliphatic hydroxyl groups excluding tert-OH is 8. The van der Waals surface area contributed by atoms with Crippen molar-refractivity contribution in [2.75, 3.05) is 26.4 Å². The summed E-state index contributed by atoms with van der Waals surface area (Å²) in [7, 11) is 0. The largest absolute Gasteiger partial charge is 0.461 e. The monoisotopic (exact) mass is 867 g/mol. The molecule has 1 aliphatic carbocycles. The molecule has 0 saturated carbocycles. The first-order chi connectivity index (χ1) is 29.1. The number of hydrogen-bond donors (Lipinski definition) is 8. The van der Waals surface area contributed by atoms with Crippen LogP contribution in [0.4, 0.5) is 0 Å². The molecule has 0 amide bonds. The molecule has 0 bridgehead atoms. The molecule has 3 rings (SSSR count). The van der Waals surface area contributed by atoms with E-state index in [0.717, 1.165) is 18.4 Å². The van der Waals surface area contributed by atoms with E-state index in [2.05, 4.69) is 71.9 Å². The highest BCUT2D eigenvalue weighted by atomic mass is 16.8. The van der Waals surface area contributed by atoms with Gasteiger partial charge in [0.25, 0.3) is 0 Å². The molecule has 3 aliphatic rings. The number of ether oxygens (including phenoxy) is 4. The summed E-state index contributed by atoms with van der Waals surface area (Å²) in [6, 6.07) is 0. The van der Waals surface area contributed by atoms with Gasteiger partial charge in [-0.05, 0) is 63.5 Å². The van der Waals surface area contributed by atoms with Gasteiger partial charge in [-0.25, -0.2) is 0 Å². The summed E-state index contributed by atoms with van der Waals surface area (Å²) >= 11 is 0. The maximum Gasteiger partial charge on any atom is 0.306 e. The minimum atomic E-state index is -2.22. The Balaban J connectivity index is 0.000000472. The highest BCUT2D eigenvalue weighted by Gasteiger charge is 2.58. The summed E-state index contributed by atoms with van der Waals surface area (Å²) in [5.74, 6) is -2.29. The number of carbonyl (C=O) groups is 1. The van der Waals surface area contributed by atoms with Crippen molar-refractivity contribution in [2.24, 2.45) is 5.41 Å². The molecule has 61 heavy (non-hydrogen) atoms. The van der Waals surface area contributed by atoms with E-state index in [9.17, 15) is 35.4 Å². The summed E-state index contributed by atoms with van der Waals surface area (Å²) in [4.78, 5) is 12.0. The van der Waals surface area contributed by atoms with Gasteiger partial charge in [-0.3, -0.25) is 4.79 Å². The molecule has 2 aliphatic heterocycles. The highest BCUT2D eigenvalue weighted by Crippen LogP contribution is 2.41. The third-order valence-corrected chi connectivity index (χ3v) is 12.0. The second-order valence-corrected chi connectivity index (χ2v) is 17.7. The quantitative estimate of drug-likeness (QED) is 0.0294. The SMILES string of the molecule is CCCCCCCCCCCCCCCC(=O)OC/C=C(C)/C=C/C=C(C)/C=C/C1=C(C)CCCC1(C)C.OC[C@H]1O[C@@](CO)(O[C@H]2O[C@H](CO)[C@@H](O)[C@H](O)[C@H]2O)[C@@H](O)[C@@H]1O. The van der Waals surface area contributed by atoms with E-state index in [1.807, 2.05) is 6.08 Å². The van der Waals surface area contributed by atoms with E-state index in [4.69, 9.17) is 29.2 Å². The number of carbonyl (C=O) groups excluding carboxylic acids is 1. The Morgan fingerprint density at radius 3 is 1.90 bits per heavy atom. The van der Waals surface area contributed by atoms with Crippen molar-refractivity contribution < 1.29 is 64.6 Å². The van der Waals surface area contributed by atoms with Gasteiger partial charge in [-0.15, -0.1) is 0 Å². The zero-order valence-electron chi connectivity index (χ0n) is 38.1. The average molecular weight is 867 g/mol. The van der Waals surface area contributed by atoms with E-state index < -0.39 is 74.6 Å². The van der Waals surface area contributed by atoms with Crippen LogP contribution in [-0.4, -0.2) is 128 Å². The van der Waals surface area contributed by atoms with Gasteiger partial charge in [0.15, 0.2) is 6.29 Å². The van der Waals surface area contributed by atoms with Crippen molar-refractivity contribution in [1.29, 1.82) is 0 Å². The minimum Gasteiger partial charge on any atom is -0.461 e. The lowest BCUT2D eigenvalue weighted by Gasteiger charge is -2.43. The predicted molar refractivity (Wildman–Crippen MR) is 236 cm³/mol. The molecule has 2 fully saturated rings. The maximum atomic E-state index is 12.0. The lowest BCUT2D eigenvalue weighted by atomic mass is 9.72. The smallest absolute Gasteiger partial charge is 0.306 e. The first-order valence-electron chi connectivity index (χ1n) is 22.9. The molecule has 0 aromatic rings. The van der Waals surface area contributed by atoms with Crippen LogP contribution in [0.2, 0.25) is 0 Å². The minimum absolute atomic E-state index is 0.0720. The van der Waals surface area contributed by atoms with Gasteiger partial charge in [0.1, 0.15) is 55.9 Å². The van der Waals surface area contributed by atoms with Crippen molar-refractivity contribution >= 4 is 5.97 Å². The van der Waals surface area contributed by atoms with Crippen LogP contribution in [0, 0.1) is 5.41 Å². The number of rotatable bonds is 25. The van der Waals surface area contributed by atoms with E-state index in [-0.39, 0.29) is 11.4 Å². The lowest BCUT2D eigenvalue weighted by molar-refractivity contribution is -0.383. The molecule has 13 nitrogen and oxygen atoms in total. The van der Waals surface area contributed by atoms with Crippen LogP contribution in [0.25, 0.3) is 0 Å². The zero-order valence-corrected chi connectivity index (χ0v) is 38.1. The van der Waals surface area contributed by atoms with E-state index in [1.54, 1.807) is 0 Å². The topological polar surface area (TPSA) is 216 Å². The van der Waals surface area contributed by atoms with Crippen molar-refractivity contribution in [3.05, 3.63) is 58.7 Å². The molecule has 0 unspecified atom stereocenters. The van der Waals surface area contributed by atoms with Crippen LogP contribution >= 0.6 is 0 Å². The number of aliphatic hydroxyl groups is 8. The Morgan fingerprint density at radius 2 is 1.36 bits per heavy atom. The van der Waals surface area contributed by atoms with Crippen molar-refractivity contribution in [1.82, 2.24) is 0 Å². The Morgan fingerprint density at radius 1 is 0.770 bits per heavy atom. The Kier molecular flexibility index (Phi) is 26.3. The molecular weight excluding hydrogens is 785 g/mol. The van der Waals surface area contributed by atoms with Gasteiger partial charge in [0.2, 0.25) is 5.79 Å². The molecule has 0 aromatic carbocycles. The fraction of sp³-hybridized carbons (Fsp3) is 0.771. The van der Waals surface area contributed by atoms with Crippen LogP contribution in [0.15, 0.2) is 58.7 Å². The lowest BCUT2D eigenvalue weighted by Crippen LogP contribution is -2.62. The second-order valence-electron chi connectivity index (χ2n) is 17.7. The number of unbranched alkanes of at least 4 members (excludes halogenated alkanes) is 12. The fourth-order valence-corrected chi connectivity index (χ4v) is 7.96. The van der Waals surface area contributed by atoms with Gasteiger partial charge in [-0.1, -0.05) is 145 Å². The second kappa shape index (κ2) is 29.2. The highest BCUT2D eigenvalue weighted by molar-refractivity contribution is 5.69. The van der Waals surface area contributed by atoms with Gasteiger partial charge < -0.3 is 59.8 Å². The van der Waals surface area contributed by atoms with E-state index in [0.29, 0.717) is 13.0 Å². The van der Waals surface area contributed by atoms with Crippen molar-refractivity contribution in [3.63, 3.8) is 0 Å². The number of allylic oxidation sites excluding steroid dienone is 9. The van der Waals surface area contributed by atoms with Crippen LogP contribution in [0.3, 0.4) is 0 Å². The van der Waals surface area contributed by atoms with Crippen LogP contribution in [0.1, 0.15) is 151 Å². The summed E-state index contributed by atoms with van der Waals surface area (Å²) in [5.41, 5.74) is 5.65. The molecule has 0 radical (unpaired) electrons. The van der Waals surface area contributed by atoms with Crippen molar-refractivity contribution in [2.45, 2.75) is 206 Å². The first-order valence-corrected chi connectivity index (χ1v) is 22.9.